The van der Waals surface area contributed by atoms with Gasteiger partial charge in [-0.3, -0.25) is 14.5 Å². The molecule has 36 heavy (non-hydrogen) atoms. The molecule has 14 heteroatoms. The predicted molar refractivity (Wildman–Crippen MR) is 124 cm³/mol. The second kappa shape index (κ2) is 8.64. The number of aliphatic hydroxyl groups is 1. The maximum atomic E-state index is 13.4. The topological polar surface area (TPSA) is 122 Å². The van der Waals surface area contributed by atoms with E-state index in [9.17, 15) is 23.1 Å². The first-order valence-corrected chi connectivity index (χ1v) is 11.5. The largest absolute Gasteiger partial charge is 0.408 e. The molecule has 1 amide bonds. The SMILES string of the molecule is CN1C(=O)[C@@](O)(c2cncc(-c3csc(-c4ccnc(Nc5ccn(C)n5)n4)n3)c2)C[C@@H]1C(F)(F)F. The summed E-state index contributed by atoms with van der Waals surface area (Å²) in [6, 6.07) is 2.81. The van der Waals surface area contributed by atoms with Gasteiger partial charge in [-0.05, 0) is 12.1 Å². The highest BCUT2D eigenvalue weighted by Gasteiger charge is 2.59. The second-order valence-corrected chi connectivity index (χ2v) is 9.16. The van der Waals surface area contributed by atoms with E-state index in [1.807, 2.05) is 0 Å². The molecular formula is C22H19F3N8O2S. The van der Waals surface area contributed by atoms with Crippen molar-refractivity contribution in [3.05, 3.63) is 53.9 Å². The summed E-state index contributed by atoms with van der Waals surface area (Å²) in [5.74, 6) is -0.122. The smallest absolute Gasteiger partial charge is 0.375 e. The number of hydrogen-bond acceptors (Lipinski definition) is 9. The molecule has 1 saturated heterocycles. The van der Waals surface area contributed by atoms with E-state index in [2.05, 4.69) is 30.4 Å². The number of alkyl halides is 3. The number of pyridine rings is 1. The summed E-state index contributed by atoms with van der Waals surface area (Å²) < 4.78 is 41.7. The van der Waals surface area contributed by atoms with Crippen molar-refractivity contribution in [2.45, 2.75) is 24.2 Å². The lowest BCUT2D eigenvalue weighted by atomic mass is 9.90. The van der Waals surface area contributed by atoms with Crippen LogP contribution in [0.5, 0.6) is 0 Å². The molecule has 0 aliphatic carbocycles. The fraction of sp³-hybridized carbons (Fsp3) is 0.273. The van der Waals surface area contributed by atoms with Crippen LogP contribution in [0.25, 0.3) is 22.0 Å². The minimum Gasteiger partial charge on any atom is -0.375 e. The number of hydrogen-bond donors (Lipinski definition) is 2. The van der Waals surface area contributed by atoms with Gasteiger partial charge in [0.1, 0.15) is 16.7 Å². The molecule has 4 aromatic rings. The van der Waals surface area contributed by atoms with E-state index in [1.165, 1.54) is 29.8 Å². The fourth-order valence-corrected chi connectivity index (χ4v) is 4.78. The predicted octanol–water partition coefficient (Wildman–Crippen LogP) is 3.12. The maximum Gasteiger partial charge on any atom is 0.408 e. The lowest BCUT2D eigenvalue weighted by molar-refractivity contribution is -0.177. The van der Waals surface area contributed by atoms with E-state index in [4.69, 9.17) is 0 Å². The van der Waals surface area contributed by atoms with Crippen LogP contribution in [-0.2, 0) is 17.4 Å². The molecular weight excluding hydrogens is 497 g/mol. The summed E-state index contributed by atoms with van der Waals surface area (Å²) in [6.45, 7) is 0. The third-order valence-electron chi connectivity index (χ3n) is 5.85. The Morgan fingerprint density at radius 3 is 2.69 bits per heavy atom. The molecule has 1 aliphatic heterocycles. The Morgan fingerprint density at radius 2 is 2.00 bits per heavy atom. The number of likely N-dealkylation sites (tertiary alicyclic amines) is 1. The van der Waals surface area contributed by atoms with Gasteiger partial charge in [-0.15, -0.1) is 11.3 Å². The van der Waals surface area contributed by atoms with Crippen molar-refractivity contribution in [3.63, 3.8) is 0 Å². The van der Waals surface area contributed by atoms with E-state index in [-0.39, 0.29) is 5.56 Å². The Morgan fingerprint density at radius 1 is 1.19 bits per heavy atom. The monoisotopic (exact) mass is 516 g/mol. The first-order chi connectivity index (χ1) is 17.0. The number of aryl methyl sites for hydroxylation is 1. The summed E-state index contributed by atoms with van der Waals surface area (Å²) in [6.07, 6.45) is 0.535. The van der Waals surface area contributed by atoms with Crippen LogP contribution in [0.2, 0.25) is 0 Å². The quantitative estimate of drug-likeness (QED) is 0.415. The molecule has 0 unspecified atom stereocenters. The van der Waals surface area contributed by atoms with Gasteiger partial charge in [-0.2, -0.15) is 18.3 Å². The van der Waals surface area contributed by atoms with Gasteiger partial charge in [0, 0.05) is 67.9 Å². The van der Waals surface area contributed by atoms with Crippen molar-refractivity contribution in [3.8, 4) is 22.0 Å². The van der Waals surface area contributed by atoms with Gasteiger partial charge in [0.05, 0.1) is 5.69 Å². The third-order valence-corrected chi connectivity index (χ3v) is 6.72. The Hall–Kier alpha value is -3.91. The molecule has 2 atom stereocenters. The van der Waals surface area contributed by atoms with Gasteiger partial charge in [0.25, 0.3) is 5.91 Å². The lowest BCUT2D eigenvalue weighted by Crippen LogP contribution is -2.41. The number of aromatic nitrogens is 6. The average molecular weight is 517 g/mol. The fourth-order valence-electron chi connectivity index (χ4n) is 3.98. The molecule has 1 fully saturated rings. The Balaban J connectivity index is 1.41. The van der Waals surface area contributed by atoms with Crippen LogP contribution in [0.15, 0.2) is 48.4 Å². The second-order valence-electron chi connectivity index (χ2n) is 8.30. The van der Waals surface area contributed by atoms with E-state index < -0.39 is 30.1 Å². The number of carbonyl (C=O) groups is 1. The van der Waals surface area contributed by atoms with Crippen molar-refractivity contribution in [2.24, 2.45) is 7.05 Å². The van der Waals surface area contributed by atoms with E-state index in [1.54, 1.807) is 41.6 Å². The van der Waals surface area contributed by atoms with Crippen molar-refractivity contribution >= 4 is 29.0 Å². The van der Waals surface area contributed by atoms with Crippen LogP contribution in [0, 0.1) is 0 Å². The number of anilines is 2. The summed E-state index contributed by atoms with van der Waals surface area (Å²) in [5.41, 5.74) is -0.910. The highest BCUT2D eigenvalue weighted by atomic mass is 32.1. The third kappa shape index (κ3) is 4.28. The molecule has 10 nitrogen and oxygen atoms in total. The van der Waals surface area contributed by atoms with Gasteiger partial charge in [0.15, 0.2) is 11.4 Å². The first kappa shape index (κ1) is 23.8. The Kier molecular flexibility index (Phi) is 5.71. The zero-order chi connectivity index (χ0) is 25.7. The van der Waals surface area contributed by atoms with Gasteiger partial charge in [-0.25, -0.2) is 15.0 Å². The average Bonchev–Trinajstić information content (AvgIpc) is 3.55. The highest BCUT2D eigenvalue weighted by molar-refractivity contribution is 7.13. The summed E-state index contributed by atoms with van der Waals surface area (Å²) in [4.78, 5) is 30.4. The molecule has 5 rings (SSSR count). The molecule has 0 bridgehead atoms. The maximum absolute atomic E-state index is 13.4. The van der Waals surface area contributed by atoms with Crippen LogP contribution < -0.4 is 5.32 Å². The van der Waals surface area contributed by atoms with Crippen LogP contribution in [0.1, 0.15) is 12.0 Å². The molecule has 0 radical (unpaired) electrons. The van der Waals surface area contributed by atoms with Crippen molar-refractivity contribution in [1.82, 2.24) is 34.6 Å². The van der Waals surface area contributed by atoms with Crippen molar-refractivity contribution in [1.29, 1.82) is 0 Å². The minimum absolute atomic E-state index is 0.0259. The molecule has 0 spiro atoms. The molecule has 0 saturated carbocycles. The minimum atomic E-state index is -4.66. The van der Waals surface area contributed by atoms with E-state index in [0.717, 1.165) is 7.05 Å². The number of nitrogens with one attached hydrogen (secondary N) is 1. The molecule has 4 aromatic heterocycles. The van der Waals surface area contributed by atoms with Crippen molar-refractivity contribution in [2.75, 3.05) is 12.4 Å². The van der Waals surface area contributed by atoms with Crippen LogP contribution >= 0.6 is 11.3 Å². The first-order valence-electron chi connectivity index (χ1n) is 10.6. The van der Waals surface area contributed by atoms with Crippen LogP contribution in [-0.4, -0.2) is 64.9 Å². The zero-order valence-corrected chi connectivity index (χ0v) is 19.7. The highest BCUT2D eigenvalue weighted by Crippen LogP contribution is 2.43. The number of carbonyl (C=O) groups excluding carboxylic acids is 1. The summed E-state index contributed by atoms with van der Waals surface area (Å²) in [7, 11) is 2.82. The standard InChI is InChI=1S/C22H19F3N8O2S/c1-32-6-4-17(31-32)30-20-27-5-3-14(29-20)18-28-15(11-36-18)12-7-13(10-26-9-12)21(35)8-16(22(23,24)25)33(2)19(21)34/h3-7,9-11,16,35H,8H2,1-2H3,(H,27,29,30,31)/t16-,21+/m1/s1. The Bertz CT molecular complexity index is 1440. The van der Waals surface area contributed by atoms with Crippen molar-refractivity contribution < 1.29 is 23.1 Å². The Labute approximate surface area is 206 Å². The molecule has 186 valence electrons. The zero-order valence-electron chi connectivity index (χ0n) is 18.9. The summed E-state index contributed by atoms with van der Waals surface area (Å²) >= 11 is 1.30. The van der Waals surface area contributed by atoms with Gasteiger partial charge < -0.3 is 15.3 Å². The van der Waals surface area contributed by atoms with Gasteiger partial charge >= 0.3 is 6.18 Å². The number of likely N-dealkylation sites (N-methyl/N-ethyl adjacent to an activating group) is 1. The molecule has 1 aliphatic rings. The molecule has 0 aromatic carbocycles. The summed E-state index contributed by atoms with van der Waals surface area (Å²) in [5, 5.41) is 20.5. The molecule has 2 N–H and O–H groups in total. The number of nitrogens with zero attached hydrogens (tertiary/aromatic N) is 7. The lowest BCUT2D eigenvalue weighted by Gasteiger charge is -2.21. The van der Waals surface area contributed by atoms with Gasteiger partial charge in [-0.1, -0.05) is 0 Å². The molecule has 5 heterocycles. The van der Waals surface area contributed by atoms with E-state index >= 15 is 0 Å². The number of thiazole rings is 1. The van der Waals surface area contributed by atoms with E-state index in [0.29, 0.717) is 38.6 Å². The number of halogens is 3. The number of rotatable bonds is 5. The van der Waals surface area contributed by atoms with Gasteiger partial charge in [0.2, 0.25) is 5.95 Å². The van der Waals surface area contributed by atoms with Crippen LogP contribution in [0.3, 0.4) is 0 Å². The number of amides is 1. The van der Waals surface area contributed by atoms with Crippen LogP contribution in [0.4, 0.5) is 24.9 Å². The normalized spacial score (nSPS) is 20.2.